The SMILES string of the molecule is COCCNCc1ccnc(C2CCCOC2)n1. The van der Waals surface area contributed by atoms with Gasteiger partial charge in [0.25, 0.3) is 0 Å². The highest BCUT2D eigenvalue weighted by atomic mass is 16.5. The maximum Gasteiger partial charge on any atom is 0.133 e. The molecule has 0 bridgehead atoms. The van der Waals surface area contributed by atoms with Crippen molar-refractivity contribution < 1.29 is 9.47 Å². The lowest BCUT2D eigenvalue weighted by atomic mass is 10.0. The molecule has 0 amide bonds. The molecule has 1 aromatic heterocycles. The average Bonchev–Trinajstić information content (AvgIpc) is 2.45. The summed E-state index contributed by atoms with van der Waals surface area (Å²) in [4.78, 5) is 8.96. The molecule has 0 saturated carbocycles. The summed E-state index contributed by atoms with van der Waals surface area (Å²) < 4.78 is 10.5. The fourth-order valence-corrected chi connectivity index (χ4v) is 2.04. The van der Waals surface area contributed by atoms with Gasteiger partial charge in [0.2, 0.25) is 0 Å². The molecule has 1 unspecified atom stereocenters. The van der Waals surface area contributed by atoms with Crippen molar-refractivity contribution in [3.05, 3.63) is 23.8 Å². The van der Waals surface area contributed by atoms with Gasteiger partial charge in [0, 0.05) is 38.9 Å². The first-order valence-electron chi connectivity index (χ1n) is 6.49. The van der Waals surface area contributed by atoms with Crippen molar-refractivity contribution in [3.8, 4) is 0 Å². The van der Waals surface area contributed by atoms with Crippen LogP contribution in [0.4, 0.5) is 0 Å². The van der Waals surface area contributed by atoms with Gasteiger partial charge in [-0.2, -0.15) is 0 Å². The third-order valence-electron chi connectivity index (χ3n) is 3.05. The quantitative estimate of drug-likeness (QED) is 0.767. The Morgan fingerprint density at radius 3 is 3.28 bits per heavy atom. The molecule has 1 aliphatic heterocycles. The summed E-state index contributed by atoms with van der Waals surface area (Å²) in [6, 6.07) is 1.95. The van der Waals surface area contributed by atoms with Gasteiger partial charge in [0.15, 0.2) is 0 Å². The molecule has 18 heavy (non-hydrogen) atoms. The number of rotatable bonds is 6. The Hall–Kier alpha value is -1.04. The maximum absolute atomic E-state index is 5.48. The fraction of sp³-hybridized carbons (Fsp3) is 0.692. The third kappa shape index (κ3) is 4.01. The van der Waals surface area contributed by atoms with E-state index in [1.807, 2.05) is 12.3 Å². The third-order valence-corrected chi connectivity index (χ3v) is 3.05. The van der Waals surface area contributed by atoms with Gasteiger partial charge >= 0.3 is 0 Å². The van der Waals surface area contributed by atoms with Gasteiger partial charge < -0.3 is 14.8 Å². The molecule has 1 aliphatic rings. The molecule has 1 saturated heterocycles. The van der Waals surface area contributed by atoms with Crippen LogP contribution in [0.2, 0.25) is 0 Å². The lowest BCUT2D eigenvalue weighted by Crippen LogP contribution is -2.21. The van der Waals surface area contributed by atoms with Crippen LogP contribution in [0.3, 0.4) is 0 Å². The fourth-order valence-electron chi connectivity index (χ4n) is 2.04. The van der Waals surface area contributed by atoms with E-state index in [1.54, 1.807) is 7.11 Å². The zero-order valence-electron chi connectivity index (χ0n) is 10.9. The normalized spacial score (nSPS) is 19.9. The van der Waals surface area contributed by atoms with E-state index in [0.717, 1.165) is 50.7 Å². The molecule has 0 radical (unpaired) electrons. The van der Waals surface area contributed by atoms with E-state index in [1.165, 1.54) is 0 Å². The van der Waals surface area contributed by atoms with Crippen LogP contribution in [-0.4, -0.2) is 43.4 Å². The highest BCUT2D eigenvalue weighted by Gasteiger charge is 2.18. The van der Waals surface area contributed by atoms with Crippen molar-refractivity contribution in [1.29, 1.82) is 0 Å². The Morgan fingerprint density at radius 2 is 2.50 bits per heavy atom. The van der Waals surface area contributed by atoms with Crippen LogP contribution in [-0.2, 0) is 16.0 Å². The molecule has 2 rings (SSSR count). The second kappa shape index (κ2) is 7.41. The highest BCUT2D eigenvalue weighted by Crippen LogP contribution is 2.22. The van der Waals surface area contributed by atoms with Gasteiger partial charge in [-0.15, -0.1) is 0 Å². The van der Waals surface area contributed by atoms with Crippen LogP contribution in [0.15, 0.2) is 12.3 Å². The van der Waals surface area contributed by atoms with E-state index in [2.05, 4.69) is 15.3 Å². The number of nitrogens with one attached hydrogen (secondary N) is 1. The molecule has 2 heterocycles. The van der Waals surface area contributed by atoms with E-state index in [9.17, 15) is 0 Å². The Kier molecular flexibility index (Phi) is 5.51. The zero-order valence-corrected chi connectivity index (χ0v) is 10.9. The van der Waals surface area contributed by atoms with Crippen LogP contribution in [0.5, 0.6) is 0 Å². The van der Waals surface area contributed by atoms with E-state index < -0.39 is 0 Å². The van der Waals surface area contributed by atoms with Crippen LogP contribution in [0.25, 0.3) is 0 Å². The van der Waals surface area contributed by atoms with Gasteiger partial charge in [-0.05, 0) is 18.9 Å². The minimum absolute atomic E-state index is 0.359. The standard InChI is InChI=1S/C13H21N3O2/c1-17-8-6-14-9-12-4-5-15-13(16-12)11-3-2-7-18-10-11/h4-5,11,14H,2-3,6-10H2,1H3. The Bertz CT molecular complexity index is 354. The molecule has 5 nitrogen and oxygen atoms in total. The number of nitrogens with zero attached hydrogens (tertiary/aromatic N) is 2. The van der Waals surface area contributed by atoms with Crippen molar-refractivity contribution in [2.24, 2.45) is 0 Å². The number of methoxy groups -OCH3 is 1. The van der Waals surface area contributed by atoms with Gasteiger partial charge in [-0.25, -0.2) is 9.97 Å². The summed E-state index contributed by atoms with van der Waals surface area (Å²) in [5.74, 6) is 1.28. The first-order valence-corrected chi connectivity index (χ1v) is 6.49. The second-order valence-corrected chi connectivity index (χ2v) is 4.49. The molecule has 100 valence electrons. The molecule has 1 aromatic rings. The first-order chi connectivity index (χ1) is 8.90. The molecule has 0 spiro atoms. The minimum Gasteiger partial charge on any atom is -0.383 e. The van der Waals surface area contributed by atoms with Gasteiger partial charge in [-0.3, -0.25) is 0 Å². The Labute approximate surface area is 108 Å². The zero-order chi connectivity index (χ0) is 12.6. The number of ether oxygens (including phenoxy) is 2. The summed E-state index contributed by atoms with van der Waals surface area (Å²) in [5.41, 5.74) is 1.03. The summed E-state index contributed by atoms with van der Waals surface area (Å²) in [6.45, 7) is 3.93. The summed E-state index contributed by atoms with van der Waals surface area (Å²) in [5, 5.41) is 3.29. The van der Waals surface area contributed by atoms with Crippen molar-refractivity contribution in [2.75, 3.05) is 33.5 Å². The monoisotopic (exact) mass is 251 g/mol. The lowest BCUT2D eigenvalue weighted by molar-refractivity contribution is 0.0780. The predicted octanol–water partition coefficient (Wildman–Crippen LogP) is 1.11. The molecule has 1 fully saturated rings. The van der Waals surface area contributed by atoms with Crippen LogP contribution in [0.1, 0.15) is 30.3 Å². The molecule has 0 aliphatic carbocycles. The van der Waals surface area contributed by atoms with Gasteiger partial charge in [0.1, 0.15) is 5.82 Å². The molecule has 5 heteroatoms. The van der Waals surface area contributed by atoms with E-state index in [0.29, 0.717) is 12.5 Å². The summed E-state index contributed by atoms with van der Waals surface area (Å²) >= 11 is 0. The highest BCUT2D eigenvalue weighted by molar-refractivity contribution is 5.06. The second-order valence-electron chi connectivity index (χ2n) is 4.49. The molecule has 1 N–H and O–H groups in total. The topological polar surface area (TPSA) is 56.3 Å². The Morgan fingerprint density at radius 1 is 1.56 bits per heavy atom. The largest absolute Gasteiger partial charge is 0.383 e. The number of hydrogen-bond donors (Lipinski definition) is 1. The van der Waals surface area contributed by atoms with E-state index in [-0.39, 0.29) is 0 Å². The van der Waals surface area contributed by atoms with Crippen molar-refractivity contribution in [3.63, 3.8) is 0 Å². The molecular formula is C13H21N3O2. The van der Waals surface area contributed by atoms with Crippen LogP contribution >= 0.6 is 0 Å². The maximum atomic E-state index is 5.48. The minimum atomic E-state index is 0.359. The van der Waals surface area contributed by atoms with E-state index in [4.69, 9.17) is 9.47 Å². The predicted molar refractivity (Wildman–Crippen MR) is 68.4 cm³/mol. The van der Waals surface area contributed by atoms with Crippen molar-refractivity contribution in [1.82, 2.24) is 15.3 Å². The lowest BCUT2D eigenvalue weighted by Gasteiger charge is -2.20. The van der Waals surface area contributed by atoms with Crippen LogP contribution < -0.4 is 5.32 Å². The molecule has 0 aromatic carbocycles. The van der Waals surface area contributed by atoms with E-state index >= 15 is 0 Å². The molecule has 1 atom stereocenters. The average molecular weight is 251 g/mol. The Balaban J connectivity index is 1.88. The van der Waals surface area contributed by atoms with Crippen LogP contribution in [0, 0.1) is 0 Å². The summed E-state index contributed by atoms with van der Waals surface area (Å²) in [7, 11) is 1.70. The molecular weight excluding hydrogens is 230 g/mol. The number of aromatic nitrogens is 2. The summed E-state index contributed by atoms with van der Waals surface area (Å²) in [6.07, 6.45) is 4.06. The van der Waals surface area contributed by atoms with Crippen molar-refractivity contribution in [2.45, 2.75) is 25.3 Å². The van der Waals surface area contributed by atoms with Gasteiger partial charge in [0.05, 0.1) is 18.9 Å². The first kappa shape index (κ1) is 13.4. The van der Waals surface area contributed by atoms with Gasteiger partial charge in [-0.1, -0.05) is 0 Å². The number of hydrogen-bond acceptors (Lipinski definition) is 5. The van der Waals surface area contributed by atoms with Crippen molar-refractivity contribution >= 4 is 0 Å². The smallest absolute Gasteiger partial charge is 0.133 e.